The number of sulfonamides is 1. The molecule has 0 aliphatic heterocycles. The van der Waals surface area contributed by atoms with Crippen molar-refractivity contribution in [2.24, 2.45) is 0 Å². The number of hydrogen-bond donors (Lipinski definition) is 1. The summed E-state index contributed by atoms with van der Waals surface area (Å²) in [5.74, 6) is -0.0724. The van der Waals surface area contributed by atoms with Crippen LogP contribution >= 0.6 is 15.9 Å². The van der Waals surface area contributed by atoms with Crippen LogP contribution in [0.5, 0.6) is 0 Å². The van der Waals surface area contributed by atoms with Crippen molar-refractivity contribution in [3.8, 4) is 0 Å². The maximum Gasteiger partial charge on any atom is 0.229 e. The second-order valence-electron chi connectivity index (χ2n) is 3.70. The third kappa shape index (κ3) is 4.47. The third-order valence-electron chi connectivity index (χ3n) is 2.15. The Bertz CT molecular complexity index is 526. The lowest BCUT2D eigenvalue weighted by Crippen LogP contribution is -2.11. The van der Waals surface area contributed by atoms with Gasteiger partial charge in [-0.25, -0.2) is 8.42 Å². The van der Waals surface area contributed by atoms with Crippen molar-refractivity contribution in [3.05, 3.63) is 29.3 Å². The number of Topliss-reactive ketones (excluding diaryl/α,β-unsaturated/α-hetero) is 1. The summed E-state index contributed by atoms with van der Waals surface area (Å²) >= 11 is 3.10. The first-order valence-corrected chi connectivity index (χ1v) is 8.08. The number of aryl methyl sites for hydroxylation is 1. The van der Waals surface area contributed by atoms with Crippen LogP contribution in [0.1, 0.15) is 22.8 Å². The lowest BCUT2D eigenvalue weighted by Gasteiger charge is -2.08. The Balaban J connectivity index is 3.18. The summed E-state index contributed by atoms with van der Waals surface area (Å²) in [5, 5.41) is 0.221. The second kappa shape index (κ2) is 5.64. The molecular formula is C11H14BrNO3S. The summed E-state index contributed by atoms with van der Waals surface area (Å²) < 4.78 is 24.7. The minimum atomic E-state index is -3.32. The molecule has 0 fully saturated rings. The van der Waals surface area contributed by atoms with Crippen molar-refractivity contribution in [1.29, 1.82) is 0 Å². The van der Waals surface area contributed by atoms with Gasteiger partial charge in [-0.05, 0) is 30.2 Å². The van der Waals surface area contributed by atoms with Gasteiger partial charge in [0, 0.05) is 11.3 Å². The third-order valence-corrected chi connectivity index (χ3v) is 3.26. The molecule has 1 aromatic rings. The zero-order chi connectivity index (χ0) is 13.1. The number of halogens is 1. The van der Waals surface area contributed by atoms with E-state index in [0.29, 0.717) is 11.3 Å². The van der Waals surface area contributed by atoms with Crippen molar-refractivity contribution < 1.29 is 13.2 Å². The highest BCUT2D eigenvalue weighted by Gasteiger charge is 2.09. The number of hydrogen-bond acceptors (Lipinski definition) is 3. The molecule has 0 amide bonds. The van der Waals surface area contributed by atoms with Gasteiger partial charge in [0.2, 0.25) is 10.0 Å². The average molecular weight is 320 g/mol. The summed E-state index contributed by atoms with van der Waals surface area (Å²) in [7, 11) is -3.32. The van der Waals surface area contributed by atoms with Crippen LogP contribution in [0.2, 0.25) is 0 Å². The van der Waals surface area contributed by atoms with E-state index in [-0.39, 0.29) is 11.1 Å². The quantitative estimate of drug-likeness (QED) is 0.668. The number of ketones is 1. The highest BCUT2D eigenvalue weighted by Crippen LogP contribution is 2.17. The molecule has 1 aromatic carbocycles. The molecule has 1 N–H and O–H groups in total. The number of alkyl halides is 1. The van der Waals surface area contributed by atoms with Crippen LogP contribution in [0.15, 0.2) is 18.2 Å². The molecule has 0 unspecified atom stereocenters. The van der Waals surface area contributed by atoms with Gasteiger partial charge >= 0.3 is 0 Å². The number of carbonyl (C=O) groups excluding carboxylic acids is 1. The minimum absolute atomic E-state index is 0.0724. The molecule has 0 saturated carbocycles. The molecule has 0 saturated heterocycles. The maximum absolute atomic E-state index is 11.6. The van der Waals surface area contributed by atoms with Gasteiger partial charge in [-0.2, -0.15) is 0 Å². The topological polar surface area (TPSA) is 63.2 Å². The lowest BCUT2D eigenvalue weighted by atomic mass is 10.1. The number of benzene rings is 1. The van der Waals surface area contributed by atoms with E-state index >= 15 is 0 Å². The van der Waals surface area contributed by atoms with Gasteiger partial charge in [0.25, 0.3) is 0 Å². The molecule has 0 atom stereocenters. The van der Waals surface area contributed by atoms with Crippen molar-refractivity contribution in [1.82, 2.24) is 0 Å². The Morgan fingerprint density at radius 2 is 2.00 bits per heavy atom. The first-order valence-electron chi connectivity index (χ1n) is 5.06. The Kier molecular flexibility index (Phi) is 4.70. The van der Waals surface area contributed by atoms with Crippen LogP contribution in [0.3, 0.4) is 0 Å². The molecule has 0 aliphatic carbocycles. The molecule has 0 heterocycles. The second-order valence-corrected chi connectivity index (χ2v) is 6.01. The molecule has 0 bridgehead atoms. The number of rotatable bonds is 5. The monoisotopic (exact) mass is 319 g/mol. The number of nitrogens with one attached hydrogen (secondary N) is 1. The minimum Gasteiger partial charge on any atom is -0.293 e. The van der Waals surface area contributed by atoms with Crippen LogP contribution in [0.4, 0.5) is 5.69 Å². The van der Waals surface area contributed by atoms with Gasteiger partial charge in [-0.3, -0.25) is 9.52 Å². The summed E-state index contributed by atoms with van der Waals surface area (Å²) in [4.78, 5) is 11.6. The summed E-state index contributed by atoms with van der Waals surface area (Å²) in [5.41, 5.74) is 1.85. The van der Waals surface area contributed by atoms with E-state index in [9.17, 15) is 13.2 Å². The van der Waals surface area contributed by atoms with E-state index < -0.39 is 10.0 Å². The first kappa shape index (κ1) is 14.2. The highest BCUT2D eigenvalue weighted by molar-refractivity contribution is 9.09. The fourth-order valence-electron chi connectivity index (χ4n) is 1.41. The van der Waals surface area contributed by atoms with Gasteiger partial charge < -0.3 is 0 Å². The number of anilines is 1. The van der Waals surface area contributed by atoms with E-state index in [1.165, 1.54) is 0 Å². The van der Waals surface area contributed by atoms with Gasteiger partial charge in [0.1, 0.15) is 0 Å². The zero-order valence-corrected chi connectivity index (χ0v) is 12.1. The highest BCUT2D eigenvalue weighted by atomic mass is 79.9. The van der Waals surface area contributed by atoms with Gasteiger partial charge in [0.15, 0.2) is 5.78 Å². The smallest absolute Gasteiger partial charge is 0.229 e. The standard InChI is InChI=1S/C11H14BrNO3S/c1-3-8-4-9(11(14)7-12)6-10(5-8)13-17(2,15)16/h4-6,13H,3,7H2,1-2H3. The summed E-state index contributed by atoms with van der Waals surface area (Å²) in [6.07, 6.45) is 1.82. The zero-order valence-electron chi connectivity index (χ0n) is 9.66. The maximum atomic E-state index is 11.6. The van der Waals surface area contributed by atoms with Crippen molar-refractivity contribution in [2.75, 3.05) is 16.3 Å². The van der Waals surface area contributed by atoms with Crippen molar-refractivity contribution in [2.45, 2.75) is 13.3 Å². The Hall–Kier alpha value is -0.880. The summed E-state index contributed by atoms with van der Waals surface area (Å²) in [6, 6.07) is 5.05. The SMILES string of the molecule is CCc1cc(NS(C)(=O)=O)cc(C(=O)CBr)c1. The van der Waals surface area contributed by atoms with Crippen LogP contribution in [0.25, 0.3) is 0 Å². The molecule has 94 valence electrons. The van der Waals surface area contributed by atoms with E-state index in [1.807, 2.05) is 6.92 Å². The van der Waals surface area contributed by atoms with Crippen LogP contribution < -0.4 is 4.72 Å². The Morgan fingerprint density at radius 1 is 1.35 bits per heavy atom. The van der Waals surface area contributed by atoms with Gasteiger partial charge in [-0.15, -0.1) is 0 Å². The Labute approximate surface area is 110 Å². The summed E-state index contributed by atoms with van der Waals surface area (Å²) in [6.45, 7) is 1.95. The fraction of sp³-hybridized carbons (Fsp3) is 0.364. The Morgan fingerprint density at radius 3 is 2.47 bits per heavy atom. The number of carbonyl (C=O) groups is 1. The van der Waals surface area contributed by atoms with Crippen LogP contribution in [0, 0.1) is 0 Å². The molecular weight excluding hydrogens is 306 g/mol. The molecule has 6 heteroatoms. The van der Waals surface area contributed by atoms with E-state index in [4.69, 9.17) is 0 Å². The molecule has 1 rings (SSSR count). The first-order chi connectivity index (χ1) is 7.85. The van der Waals surface area contributed by atoms with Gasteiger partial charge in [0.05, 0.1) is 11.6 Å². The van der Waals surface area contributed by atoms with Crippen LogP contribution in [-0.2, 0) is 16.4 Å². The largest absolute Gasteiger partial charge is 0.293 e. The molecule has 0 aliphatic rings. The predicted molar refractivity (Wildman–Crippen MR) is 72.4 cm³/mol. The van der Waals surface area contributed by atoms with E-state index in [2.05, 4.69) is 20.7 Å². The predicted octanol–water partition coefficient (Wildman–Crippen LogP) is 2.20. The van der Waals surface area contributed by atoms with Crippen molar-refractivity contribution in [3.63, 3.8) is 0 Å². The van der Waals surface area contributed by atoms with Crippen molar-refractivity contribution >= 4 is 37.4 Å². The lowest BCUT2D eigenvalue weighted by molar-refractivity contribution is 0.102. The van der Waals surface area contributed by atoms with E-state index in [0.717, 1.165) is 18.2 Å². The molecule has 0 aromatic heterocycles. The van der Waals surface area contributed by atoms with Gasteiger partial charge in [-0.1, -0.05) is 22.9 Å². The molecule has 0 spiro atoms. The molecule has 0 radical (unpaired) electrons. The normalized spacial score (nSPS) is 11.2. The van der Waals surface area contributed by atoms with Crippen LogP contribution in [-0.4, -0.2) is 25.8 Å². The average Bonchev–Trinajstić information content (AvgIpc) is 2.25. The fourth-order valence-corrected chi connectivity index (χ4v) is 2.28. The molecule has 4 nitrogen and oxygen atoms in total. The molecule has 17 heavy (non-hydrogen) atoms. The van der Waals surface area contributed by atoms with E-state index in [1.54, 1.807) is 18.2 Å².